The van der Waals surface area contributed by atoms with Crippen molar-refractivity contribution in [1.82, 2.24) is 10.2 Å². The topological polar surface area (TPSA) is 50.8 Å². The fourth-order valence-electron chi connectivity index (χ4n) is 1.96. The molecule has 1 heterocycles. The number of halogens is 2. The fourth-order valence-corrected chi connectivity index (χ4v) is 2.30. The molecule has 0 unspecified atom stereocenters. The lowest BCUT2D eigenvalue weighted by Gasteiger charge is -2.26. The lowest BCUT2D eigenvalue weighted by molar-refractivity contribution is -0.123. The van der Waals surface area contributed by atoms with Crippen LogP contribution in [0.5, 0.6) is 5.75 Å². The maximum absolute atomic E-state index is 13.5. The number of carbonyl (C=O) groups excluding carboxylic acids is 1. The third-order valence-corrected chi connectivity index (χ3v) is 3.60. The highest BCUT2D eigenvalue weighted by Gasteiger charge is 2.11. The number of nitrogens with one attached hydrogen (secondary N) is 1. The summed E-state index contributed by atoms with van der Waals surface area (Å²) in [5, 5.41) is 2.75. The van der Waals surface area contributed by atoms with E-state index in [-0.39, 0.29) is 18.3 Å². The number of nitrogens with zero attached hydrogens (tertiary/aromatic N) is 1. The Labute approximate surface area is 131 Å². The molecular formula is C14H18BrFN2O3. The molecule has 7 heteroatoms. The Balaban J connectivity index is 1.65. The van der Waals surface area contributed by atoms with Gasteiger partial charge in [0.2, 0.25) is 0 Å². The number of rotatable bonds is 6. The Morgan fingerprint density at radius 3 is 2.90 bits per heavy atom. The highest BCUT2D eigenvalue weighted by molar-refractivity contribution is 9.10. The van der Waals surface area contributed by atoms with Crippen LogP contribution in [0.25, 0.3) is 0 Å². The van der Waals surface area contributed by atoms with Crippen LogP contribution >= 0.6 is 15.9 Å². The van der Waals surface area contributed by atoms with Gasteiger partial charge in [-0.15, -0.1) is 0 Å². The Morgan fingerprint density at radius 1 is 1.43 bits per heavy atom. The molecule has 5 nitrogen and oxygen atoms in total. The zero-order valence-corrected chi connectivity index (χ0v) is 13.2. The van der Waals surface area contributed by atoms with Crippen molar-refractivity contribution < 1.29 is 18.7 Å². The molecule has 2 rings (SSSR count). The van der Waals surface area contributed by atoms with Gasteiger partial charge >= 0.3 is 0 Å². The molecule has 1 N–H and O–H groups in total. The summed E-state index contributed by atoms with van der Waals surface area (Å²) in [5.74, 6) is -0.683. The standard InChI is InChI=1S/C14H18BrFN2O3/c15-11-1-2-13(12(16)9-11)21-10-14(19)17-3-4-18-5-7-20-8-6-18/h1-2,9H,3-8,10H2,(H,17,19). The van der Waals surface area contributed by atoms with Crippen LogP contribution in [-0.4, -0.2) is 56.8 Å². The monoisotopic (exact) mass is 360 g/mol. The predicted octanol–water partition coefficient (Wildman–Crippen LogP) is 1.42. The third-order valence-electron chi connectivity index (χ3n) is 3.11. The molecule has 0 atom stereocenters. The number of amides is 1. The van der Waals surface area contributed by atoms with E-state index >= 15 is 0 Å². The second kappa shape index (κ2) is 8.31. The van der Waals surface area contributed by atoms with Gasteiger partial charge in [0.25, 0.3) is 5.91 Å². The van der Waals surface area contributed by atoms with E-state index in [1.54, 1.807) is 6.07 Å². The Kier molecular flexibility index (Phi) is 6.41. The summed E-state index contributed by atoms with van der Waals surface area (Å²) in [4.78, 5) is 13.8. The van der Waals surface area contributed by atoms with Gasteiger partial charge in [0.1, 0.15) is 0 Å². The Morgan fingerprint density at radius 2 is 2.19 bits per heavy atom. The zero-order chi connectivity index (χ0) is 15.1. The van der Waals surface area contributed by atoms with E-state index in [1.807, 2.05) is 0 Å². The summed E-state index contributed by atoms with van der Waals surface area (Å²) < 4.78 is 24.5. The number of morpholine rings is 1. The summed E-state index contributed by atoms with van der Waals surface area (Å²) in [6.45, 7) is 4.38. The molecule has 1 amide bonds. The van der Waals surface area contributed by atoms with Gasteiger partial charge in [-0.25, -0.2) is 4.39 Å². The van der Waals surface area contributed by atoms with Crippen LogP contribution in [0.15, 0.2) is 22.7 Å². The van der Waals surface area contributed by atoms with Crippen LogP contribution < -0.4 is 10.1 Å². The maximum Gasteiger partial charge on any atom is 0.257 e. The maximum atomic E-state index is 13.5. The summed E-state index contributed by atoms with van der Waals surface area (Å²) in [6, 6.07) is 4.45. The van der Waals surface area contributed by atoms with E-state index in [4.69, 9.17) is 9.47 Å². The van der Waals surface area contributed by atoms with E-state index in [2.05, 4.69) is 26.1 Å². The van der Waals surface area contributed by atoms with Gasteiger partial charge in [0.05, 0.1) is 13.2 Å². The average Bonchev–Trinajstić information content (AvgIpc) is 2.47. The minimum Gasteiger partial charge on any atom is -0.481 e. The molecule has 0 aliphatic carbocycles. The summed E-state index contributed by atoms with van der Waals surface area (Å²) in [7, 11) is 0. The van der Waals surface area contributed by atoms with E-state index in [0.29, 0.717) is 11.0 Å². The van der Waals surface area contributed by atoms with Crippen LogP contribution in [0.1, 0.15) is 0 Å². The van der Waals surface area contributed by atoms with Crippen LogP contribution in [0, 0.1) is 5.82 Å². The third kappa shape index (κ3) is 5.61. The van der Waals surface area contributed by atoms with Crippen molar-refractivity contribution in [3.8, 4) is 5.75 Å². The quantitative estimate of drug-likeness (QED) is 0.833. The summed E-state index contributed by atoms with van der Waals surface area (Å²) >= 11 is 3.16. The molecule has 1 aromatic carbocycles. The fraction of sp³-hybridized carbons (Fsp3) is 0.500. The molecule has 0 aromatic heterocycles. The van der Waals surface area contributed by atoms with Gasteiger partial charge < -0.3 is 14.8 Å². The number of hydrogen-bond donors (Lipinski definition) is 1. The molecule has 1 saturated heterocycles. The van der Waals surface area contributed by atoms with Gasteiger partial charge in [-0.3, -0.25) is 9.69 Å². The molecular weight excluding hydrogens is 343 g/mol. The molecule has 21 heavy (non-hydrogen) atoms. The van der Waals surface area contributed by atoms with Gasteiger partial charge in [-0.1, -0.05) is 15.9 Å². The predicted molar refractivity (Wildman–Crippen MR) is 79.9 cm³/mol. The minimum atomic E-state index is -0.495. The first-order valence-electron chi connectivity index (χ1n) is 6.80. The van der Waals surface area contributed by atoms with E-state index < -0.39 is 5.82 Å². The van der Waals surface area contributed by atoms with Gasteiger partial charge in [-0.2, -0.15) is 0 Å². The Hall–Kier alpha value is -1.18. The molecule has 1 aliphatic heterocycles. The number of hydrogen-bond acceptors (Lipinski definition) is 4. The molecule has 0 radical (unpaired) electrons. The number of benzene rings is 1. The van der Waals surface area contributed by atoms with Crippen molar-refractivity contribution in [3.05, 3.63) is 28.5 Å². The van der Waals surface area contributed by atoms with E-state index in [0.717, 1.165) is 32.8 Å². The SMILES string of the molecule is O=C(COc1ccc(Br)cc1F)NCCN1CCOCC1. The van der Waals surface area contributed by atoms with Crippen LogP contribution in [-0.2, 0) is 9.53 Å². The Bertz CT molecular complexity index is 481. The second-order valence-electron chi connectivity index (χ2n) is 4.67. The largest absolute Gasteiger partial charge is 0.481 e. The molecule has 1 fully saturated rings. The zero-order valence-electron chi connectivity index (χ0n) is 11.6. The normalized spacial score (nSPS) is 15.7. The summed E-state index contributed by atoms with van der Waals surface area (Å²) in [6.07, 6.45) is 0. The van der Waals surface area contributed by atoms with Crippen molar-refractivity contribution in [1.29, 1.82) is 0 Å². The first-order chi connectivity index (χ1) is 10.1. The van der Waals surface area contributed by atoms with Gasteiger partial charge in [0, 0.05) is 30.7 Å². The van der Waals surface area contributed by atoms with E-state index in [1.165, 1.54) is 12.1 Å². The van der Waals surface area contributed by atoms with Gasteiger partial charge in [-0.05, 0) is 18.2 Å². The molecule has 1 aromatic rings. The number of ether oxygens (including phenoxy) is 2. The molecule has 0 spiro atoms. The van der Waals surface area contributed by atoms with Crippen LogP contribution in [0.4, 0.5) is 4.39 Å². The number of carbonyl (C=O) groups is 1. The molecule has 1 aliphatic rings. The van der Waals surface area contributed by atoms with Crippen molar-refractivity contribution in [3.63, 3.8) is 0 Å². The second-order valence-corrected chi connectivity index (χ2v) is 5.58. The molecule has 0 bridgehead atoms. The lowest BCUT2D eigenvalue weighted by Crippen LogP contribution is -2.42. The van der Waals surface area contributed by atoms with Crippen LogP contribution in [0.2, 0.25) is 0 Å². The minimum absolute atomic E-state index is 0.0709. The first kappa shape index (κ1) is 16.2. The van der Waals surface area contributed by atoms with Crippen molar-refractivity contribution in [2.24, 2.45) is 0 Å². The molecule has 116 valence electrons. The van der Waals surface area contributed by atoms with Crippen molar-refractivity contribution in [2.45, 2.75) is 0 Å². The summed E-state index contributed by atoms with van der Waals surface area (Å²) in [5.41, 5.74) is 0. The highest BCUT2D eigenvalue weighted by Crippen LogP contribution is 2.21. The van der Waals surface area contributed by atoms with Crippen LogP contribution in [0.3, 0.4) is 0 Å². The average molecular weight is 361 g/mol. The van der Waals surface area contributed by atoms with Crippen molar-refractivity contribution in [2.75, 3.05) is 46.0 Å². The van der Waals surface area contributed by atoms with E-state index in [9.17, 15) is 9.18 Å². The van der Waals surface area contributed by atoms with Gasteiger partial charge in [0.15, 0.2) is 18.2 Å². The smallest absolute Gasteiger partial charge is 0.257 e. The first-order valence-corrected chi connectivity index (χ1v) is 7.59. The highest BCUT2D eigenvalue weighted by atomic mass is 79.9. The molecule has 0 saturated carbocycles. The van der Waals surface area contributed by atoms with Crippen molar-refractivity contribution >= 4 is 21.8 Å². The lowest BCUT2D eigenvalue weighted by atomic mass is 10.3.